The van der Waals surface area contributed by atoms with Crippen LogP contribution in [-0.2, 0) is 0 Å². The van der Waals surface area contributed by atoms with Gasteiger partial charge in [-0.05, 0) is 25.1 Å². The number of amides is 1. The summed E-state index contributed by atoms with van der Waals surface area (Å²) in [5.74, 6) is -0.230. The molecule has 0 aliphatic carbocycles. The molecule has 70 valence electrons. The standard InChI is InChI=1S/C9H12N2O2/c1-2-11-9(13)7-5-6(12)3-4-8(7)10/h3-5,12H,2,10H2,1H3,(H,11,13). The van der Waals surface area contributed by atoms with E-state index in [-0.39, 0.29) is 11.7 Å². The maximum Gasteiger partial charge on any atom is 0.253 e. The minimum absolute atomic E-state index is 0.0375. The second-order valence-electron chi connectivity index (χ2n) is 2.63. The van der Waals surface area contributed by atoms with Crippen molar-refractivity contribution in [2.75, 3.05) is 12.3 Å². The van der Waals surface area contributed by atoms with E-state index in [1.807, 2.05) is 6.92 Å². The molecule has 13 heavy (non-hydrogen) atoms. The van der Waals surface area contributed by atoms with E-state index < -0.39 is 0 Å². The Labute approximate surface area is 76.4 Å². The van der Waals surface area contributed by atoms with Crippen molar-refractivity contribution >= 4 is 11.6 Å². The molecule has 0 heterocycles. The number of nitrogen functional groups attached to an aromatic ring is 1. The molecule has 0 fully saturated rings. The van der Waals surface area contributed by atoms with Gasteiger partial charge in [0.1, 0.15) is 5.75 Å². The normalized spacial score (nSPS) is 9.62. The van der Waals surface area contributed by atoms with Crippen LogP contribution < -0.4 is 11.1 Å². The third kappa shape index (κ3) is 2.11. The molecule has 4 heteroatoms. The van der Waals surface area contributed by atoms with Crippen LogP contribution in [-0.4, -0.2) is 17.6 Å². The van der Waals surface area contributed by atoms with Crippen LogP contribution in [0.5, 0.6) is 5.75 Å². The van der Waals surface area contributed by atoms with Crippen molar-refractivity contribution in [3.8, 4) is 5.75 Å². The van der Waals surface area contributed by atoms with Crippen LogP contribution in [0.2, 0.25) is 0 Å². The molecule has 0 unspecified atom stereocenters. The van der Waals surface area contributed by atoms with E-state index in [0.717, 1.165) is 0 Å². The molecule has 4 N–H and O–H groups in total. The minimum Gasteiger partial charge on any atom is -0.508 e. The van der Waals surface area contributed by atoms with Crippen LogP contribution in [0.3, 0.4) is 0 Å². The molecule has 4 nitrogen and oxygen atoms in total. The van der Waals surface area contributed by atoms with Gasteiger partial charge >= 0.3 is 0 Å². The van der Waals surface area contributed by atoms with Crippen LogP contribution in [0.1, 0.15) is 17.3 Å². The summed E-state index contributed by atoms with van der Waals surface area (Å²) in [5.41, 5.74) is 6.22. The number of rotatable bonds is 2. The lowest BCUT2D eigenvalue weighted by Gasteiger charge is -2.05. The first-order valence-electron chi connectivity index (χ1n) is 4.02. The molecule has 0 spiro atoms. The van der Waals surface area contributed by atoms with E-state index in [4.69, 9.17) is 10.8 Å². The van der Waals surface area contributed by atoms with Crippen molar-refractivity contribution in [2.45, 2.75) is 6.92 Å². The Bertz CT molecular complexity index is 323. The zero-order valence-electron chi connectivity index (χ0n) is 7.37. The molecule has 0 saturated heterocycles. The second kappa shape index (κ2) is 3.80. The number of phenols is 1. The van der Waals surface area contributed by atoms with Crippen molar-refractivity contribution in [3.63, 3.8) is 0 Å². The fourth-order valence-corrected chi connectivity index (χ4v) is 0.997. The van der Waals surface area contributed by atoms with Gasteiger partial charge in [-0.25, -0.2) is 0 Å². The number of hydrogen-bond acceptors (Lipinski definition) is 3. The Kier molecular flexibility index (Phi) is 2.74. The largest absolute Gasteiger partial charge is 0.508 e. The molecule has 1 amide bonds. The Morgan fingerprint density at radius 2 is 2.31 bits per heavy atom. The fourth-order valence-electron chi connectivity index (χ4n) is 0.997. The van der Waals surface area contributed by atoms with Crippen molar-refractivity contribution in [2.24, 2.45) is 0 Å². The lowest BCUT2D eigenvalue weighted by Crippen LogP contribution is -2.23. The van der Waals surface area contributed by atoms with Crippen LogP contribution in [0.25, 0.3) is 0 Å². The monoisotopic (exact) mass is 180 g/mol. The molecule has 0 saturated carbocycles. The summed E-state index contributed by atoms with van der Waals surface area (Å²) >= 11 is 0. The number of carbonyl (C=O) groups excluding carboxylic acids is 1. The molecule has 1 aromatic carbocycles. The topological polar surface area (TPSA) is 75.3 Å². The molecule has 0 aliphatic rings. The summed E-state index contributed by atoms with van der Waals surface area (Å²) in [6.07, 6.45) is 0. The van der Waals surface area contributed by atoms with E-state index in [0.29, 0.717) is 17.8 Å². The van der Waals surface area contributed by atoms with E-state index in [1.165, 1.54) is 18.2 Å². The molecule has 1 aromatic rings. The summed E-state index contributed by atoms with van der Waals surface area (Å²) in [6, 6.07) is 4.29. The number of anilines is 1. The third-order valence-electron chi connectivity index (χ3n) is 1.62. The number of carbonyl (C=O) groups is 1. The fraction of sp³-hybridized carbons (Fsp3) is 0.222. The SMILES string of the molecule is CCNC(=O)c1cc(O)ccc1N. The number of aromatic hydroxyl groups is 1. The molecule has 0 bridgehead atoms. The number of nitrogens with two attached hydrogens (primary N) is 1. The predicted octanol–water partition coefficient (Wildman–Crippen LogP) is 0.724. The van der Waals surface area contributed by atoms with Crippen molar-refractivity contribution in [3.05, 3.63) is 23.8 Å². The van der Waals surface area contributed by atoms with Crippen molar-refractivity contribution in [1.82, 2.24) is 5.32 Å². The van der Waals surface area contributed by atoms with E-state index in [9.17, 15) is 4.79 Å². The van der Waals surface area contributed by atoms with Gasteiger partial charge < -0.3 is 16.2 Å². The van der Waals surface area contributed by atoms with Gasteiger partial charge in [-0.1, -0.05) is 0 Å². The highest BCUT2D eigenvalue weighted by Crippen LogP contribution is 2.17. The van der Waals surface area contributed by atoms with E-state index in [1.54, 1.807) is 0 Å². The molecular weight excluding hydrogens is 168 g/mol. The van der Waals surface area contributed by atoms with Gasteiger partial charge in [-0.2, -0.15) is 0 Å². The number of benzene rings is 1. The first-order chi connectivity index (χ1) is 6.15. The van der Waals surface area contributed by atoms with E-state index >= 15 is 0 Å². The zero-order valence-corrected chi connectivity index (χ0v) is 7.37. The highest BCUT2D eigenvalue weighted by molar-refractivity contribution is 5.99. The average molecular weight is 180 g/mol. The predicted molar refractivity (Wildman–Crippen MR) is 50.5 cm³/mol. The molecule has 0 aromatic heterocycles. The summed E-state index contributed by atoms with van der Waals surface area (Å²) in [7, 11) is 0. The third-order valence-corrected chi connectivity index (χ3v) is 1.62. The average Bonchev–Trinajstić information content (AvgIpc) is 2.09. The lowest BCUT2D eigenvalue weighted by molar-refractivity contribution is 0.0956. The summed E-state index contributed by atoms with van der Waals surface area (Å²) in [4.78, 5) is 11.3. The van der Waals surface area contributed by atoms with Gasteiger partial charge in [0.15, 0.2) is 0 Å². The van der Waals surface area contributed by atoms with Gasteiger partial charge in [-0.15, -0.1) is 0 Å². The maximum atomic E-state index is 11.3. The van der Waals surface area contributed by atoms with Gasteiger partial charge in [0, 0.05) is 12.2 Å². The Balaban J connectivity index is 2.99. The second-order valence-corrected chi connectivity index (χ2v) is 2.63. The van der Waals surface area contributed by atoms with Gasteiger partial charge in [0.05, 0.1) is 5.56 Å². The Hall–Kier alpha value is -1.71. The summed E-state index contributed by atoms with van der Waals surface area (Å²) in [5, 5.41) is 11.7. The number of hydrogen-bond donors (Lipinski definition) is 3. The molecule has 0 atom stereocenters. The zero-order chi connectivity index (χ0) is 9.84. The number of phenolic OH excluding ortho intramolecular Hbond substituents is 1. The molecule has 1 rings (SSSR count). The quantitative estimate of drug-likeness (QED) is 0.463. The van der Waals surface area contributed by atoms with E-state index in [2.05, 4.69) is 5.32 Å². The van der Waals surface area contributed by atoms with Crippen molar-refractivity contribution < 1.29 is 9.90 Å². The summed E-state index contributed by atoms with van der Waals surface area (Å²) in [6.45, 7) is 2.35. The van der Waals surface area contributed by atoms with Gasteiger partial charge in [-0.3, -0.25) is 4.79 Å². The van der Waals surface area contributed by atoms with Gasteiger partial charge in [0.2, 0.25) is 0 Å². The minimum atomic E-state index is -0.268. The first kappa shape index (κ1) is 9.38. The smallest absolute Gasteiger partial charge is 0.253 e. The van der Waals surface area contributed by atoms with Crippen LogP contribution >= 0.6 is 0 Å². The van der Waals surface area contributed by atoms with Gasteiger partial charge in [0.25, 0.3) is 5.91 Å². The summed E-state index contributed by atoms with van der Waals surface area (Å²) < 4.78 is 0. The lowest BCUT2D eigenvalue weighted by atomic mass is 10.1. The van der Waals surface area contributed by atoms with Crippen molar-refractivity contribution in [1.29, 1.82) is 0 Å². The Morgan fingerprint density at radius 3 is 2.92 bits per heavy atom. The highest BCUT2D eigenvalue weighted by atomic mass is 16.3. The maximum absolute atomic E-state index is 11.3. The van der Waals surface area contributed by atoms with Crippen LogP contribution in [0.4, 0.5) is 5.69 Å². The highest BCUT2D eigenvalue weighted by Gasteiger charge is 2.08. The molecular formula is C9H12N2O2. The van der Waals surface area contributed by atoms with Crippen LogP contribution in [0, 0.1) is 0 Å². The first-order valence-corrected chi connectivity index (χ1v) is 4.02. The molecule has 0 radical (unpaired) electrons. The molecule has 0 aliphatic heterocycles. The van der Waals surface area contributed by atoms with Crippen LogP contribution in [0.15, 0.2) is 18.2 Å². The number of nitrogens with one attached hydrogen (secondary N) is 1. The Morgan fingerprint density at radius 1 is 1.62 bits per heavy atom.